The van der Waals surface area contributed by atoms with Gasteiger partial charge in [-0.15, -0.1) is 11.6 Å². The summed E-state index contributed by atoms with van der Waals surface area (Å²) < 4.78 is 15.9. The third-order valence-corrected chi connectivity index (χ3v) is 4.24. The van der Waals surface area contributed by atoms with Gasteiger partial charge in [0.1, 0.15) is 11.6 Å². The van der Waals surface area contributed by atoms with Crippen LogP contribution in [0.4, 0.5) is 4.39 Å². The Kier molecular flexibility index (Phi) is 4.20. The van der Waals surface area contributed by atoms with E-state index >= 15 is 0 Å². The van der Waals surface area contributed by atoms with Crippen molar-refractivity contribution >= 4 is 50.2 Å². The van der Waals surface area contributed by atoms with Crippen molar-refractivity contribution in [2.45, 2.75) is 6.42 Å². The molecule has 2 nitrogen and oxygen atoms in total. The van der Waals surface area contributed by atoms with E-state index in [0.29, 0.717) is 27.5 Å². The Morgan fingerprint density at radius 2 is 2.00 bits per heavy atom. The van der Waals surface area contributed by atoms with E-state index in [1.165, 1.54) is 12.1 Å². The van der Waals surface area contributed by atoms with Crippen LogP contribution in [0.1, 0.15) is 5.82 Å². The van der Waals surface area contributed by atoms with Crippen LogP contribution in [0.2, 0.25) is 5.02 Å². The summed E-state index contributed by atoms with van der Waals surface area (Å²) in [6, 6.07) is 10.4. The summed E-state index contributed by atoms with van der Waals surface area (Å²) in [5.74, 6) is 0.846. The fourth-order valence-electron chi connectivity index (χ4n) is 2.33. The van der Waals surface area contributed by atoms with Crippen molar-refractivity contribution in [3.8, 4) is 5.69 Å². The highest BCUT2D eigenvalue weighted by Crippen LogP contribution is 2.34. The van der Waals surface area contributed by atoms with Crippen molar-refractivity contribution in [1.29, 1.82) is 0 Å². The van der Waals surface area contributed by atoms with E-state index in [2.05, 4.69) is 20.9 Å². The highest BCUT2D eigenvalue weighted by molar-refractivity contribution is 9.10. The molecular formula is C15H10BrCl2FN2. The van der Waals surface area contributed by atoms with Crippen molar-refractivity contribution in [1.82, 2.24) is 9.55 Å². The van der Waals surface area contributed by atoms with Crippen LogP contribution in [0.25, 0.3) is 16.7 Å². The summed E-state index contributed by atoms with van der Waals surface area (Å²) in [6.07, 6.45) is 0.594. The average molecular weight is 388 g/mol. The van der Waals surface area contributed by atoms with Gasteiger partial charge in [-0.2, -0.15) is 0 Å². The lowest BCUT2D eigenvalue weighted by Gasteiger charge is -2.13. The van der Waals surface area contributed by atoms with Crippen molar-refractivity contribution in [2.24, 2.45) is 0 Å². The van der Waals surface area contributed by atoms with Gasteiger partial charge in [0.2, 0.25) is 0 Å². The monoisotopic (exact) mass is 386 g/mol. The van der Waals surface area contributed by atoms with E-state index < -0.39 is 0 Å². The van der Waals surface area contributed by atoms with Crippen LogP contribution in [0.15, 0.2) is 40.9 Å². The zero-order chi connectivity index (χ0) is 15.0. The Bertz CT molecular complexity index is 794. The predicted molar refractivity (Wildman–Crippen MR) is 88.2 cm³/mol. The lowest BCUT2D eigenvalue weighted by molar-refractivity contribution is 0.626. The molecule has 3 rings (SSSR count). The van der Waals surface area contributed by atoms with Crippen LogP contribution in [0, 0.1) is 5.82 Å². The first kappa shape index (κ1) is 14.8. The standard InChI is InChI=1S/C15H10BrCl2FN2/c16-10-7-9(19)8-11(18)15(10)21-13-4-2-1-3-12(13)20-14(21)5-6-17/h1-4,7-8H,5-6H2. The number of benzene rings is 2. The second-order valence-electron chi connectivity index (χ2n) is 4.51. The molecule has 21 heavy (non-hydrogen) atoms. The Morgan fingerprint density at radius 3 is 2.71 bits per heavy atom. The average Bonchev–Trinajstić information content (AvgIpc) is 2.77. The predicted octanol–water partition coefficient (Wildman–Crippen LogP) is 5.36. The molecule has 1 heterocycles. The van der Waals surface area contributed by atoms with Gasteiger partial charge in [-0.1, -0.05) is 23.7 Å². The SMILES string of the molecule is Fc1cc(Cl)c(-n2c(CCCl)nc3ccccc32)c(Br)c1. The number of halogens is 4. The van der Waals surface area contributed by atoms with Crippen molar-refractivity contribution in [2.75, 3.05) is 5.88 Å². The molecule has 0 radical (unpaired) electrons. The molecular weight excluding hydrogens is 378 g/mol. The van der Waals surface area contributed by atoms with Gasteiger partial charge >= 0.3 is 0 Å². The van der Waals surface area contributed by atoms with Crippen LogP contribution in [0.3, 0.4) is 0 Å². The summed E-state index contributed by atoms with van der Waals surface area (Å²) in [7, 11) is 0. The van der Waals surface area contributed by atoms with Gasteiger partial charge in [-0.3, -0.25) is 4.57 Å². The maximum Gasteiger partial charge on any atom is 0.125 e. The quantitative estimate of drug-likeness (QED) is 0.553. The smallest absolute Gasteiger partial charge is 0.125 e. The molecule has 0 bridgehead atoms. The minimum atomic E-state index is -0.390. The normalized spacial score (nSPS) is 11.2. The largest absolute Gasteiger partial charge is 0.294 e. The number of rotatable bonds is 3. The third-order valence-electron chi connectivity index (χ3n) is 3.15. The topological polar surface area (TPSA) is 17.8 Å². The molecule has 0 aliphatic rings. The van der Waals surface area contributed by atoms with E-state index in [4.69, 9.17) is 23.2 Å². The highest BCUT2D eigenvalue weighted by Gasteiger charge is 2.17. The minimum Gasteiger partial charge on any atom is -0.294 e. The van der Waals surface area contributed by atoms with Crippen LogP contribution in [-0.4, -0.2) is 15.4 Å². The molecule has 6 heteroatoms. The molecule has 0 unspecified atom stereocenters. The number of alkyl halides is 1. The van der Waals surface area contributed by atoms with Crippen LogP contribution in [-0.2, 0) is 6.42 Å². The number of aromatic nitrogens is 2. The van der Waals surface area contributed by atoms with Crippen molar-refractivity contribution in [3.63, 3.8) is 0 Å². The van der Waals surface area contributed by atoms with E-state index in [1.807, 2.05) is 28.8 Å². The first-order chi connectivity index (χ1) is 10.1. The van der Waals surface area contributed by atoms with Crippen molar-refractivity contribution < 1.29 is 4.39 Å². The minimum absolute atomic E-state index is 0.320. The van der Waals surface area contributed by atoms with Crippen molar-refractivity contribution in [3.05, 3.63) is 57.5 Å². The summed E-state index contributed by atoms with van der Waals surface area (Å²) in [4.78, 5) is 4.59. The third kappa shape index (κ3) is 2.68. The van der Waals surface area contributed by atoms with Gasteiger partial charge in [0.15, 0.2) is 0 Å². The van der Waals surface area contributed by atoms with Gasteiger partial charge in [-0.05, 0) is 40.2 Å². The molecule has 0 atom stereocenters. The van der Waals surface area contributed by atoms with E-state index in [1.54, 1.807) is 0 Å². The fourth-order valence-corrected chi connectivity index (χ4v) is 3.51. The van der Waals surface area contributed by atoms with Gasteiger partial charge in [0.25, 0.3) is 0 Å². The number of para-hydroxylation sites is 2. The maximum absolute atomic E-state index is 13.5. The molecule has 108 valence electrons. The lowest BCUT2D eigenvalue weighted by atomic mass is 10.2. The van der Waals surface area contributed by atoms with Crippen LogP contribution >= 0.6 is 39.1 Å². The summed E-state index contributed by atoms with van der Waals surface area (Å²) in [6.45, 7) is 0. The maximum atomic E-state index is 13.5. The van der Waals surface area contributed by atoms with Gasteiger partial charge in [-0.25, -0.2) is 9.37 Å². The Balaban J connectivity index is 2.36. The van der Waals surface area contributed by atoms with Gasteiger partial charge < -0.3 is 0 Å². The Hall–Kier alpha value is -1.10. The van der Waals surface area contributed by atoms with E-state index in [-0.39, 0.29) is 5.82 Å². The van der Waals surface area contributed by atoms with Gasteiger partial charge in [0.05, 0.1) is 21.7 Å². The number of fused-ring (bicyclic) bond motifs is 1. The summed E-state index contributed by atoms with van der Waals surface area (Å²) in [5.41, 5.74) is 2.43. The Labute approximate surface area is 139 Å². The molecule has 0 aliphatic heterocycles. The summed E-state index contributed by atoms with van der Waals surface area (Å²) >= 11 is 15.5. The molecule has 0 amide bonds. The van der Waals surface area contributed by atoms with Crippen LogP contribution < -0.4 is 0 Å². The molecule has 1 aromatic heterocycles. The zero-order valence-corrected chi connectivity index (χ0v) is 13.9. The second-order valence-corrected chi connectivity index (χ2v) is 6.15. The molecule has 0 fully saturated rings. The van der Waals surface area contributed by atoms with E-state index in [0.717, 1.165) is 16.9 Å². The molecule has 0 aliphatic carbocycles. The second kappa shape index (κ2) is 5.95. The first-order valence-corrected chi connectivity index (χ1v) is 7.99. The highest BCUT2D eigenvalue weighted by atomic mass is 79.9. The number of hydrogen-bond acceptors (Lipinski definition) is 1. The van der Waals surface area contributed by atoms with Gasteiger partial charge in [0, 0.05) is 16.8 Å². The number of nitrogens with zero attached hydrogens (tertiary/aromatic N) is 2. The number of aryl methyl sites for hydroxylation is 1. The number of hydrogen-bond donors (Lipinski definition) is 0. The molecule has 0 N–H and O–H groups in total. The van der Waals surface area contributed by atoms with E-state index in [9.17, 15) is 4.39 Å². The van der Waals surface area contributed by atoms with Crippen LogP contribution in [0.5, 0.6) is 0 Å². The first-order valence-electron chi connectivity index (χ1n) is 6.29. The zero-order valence-electron chi connectivity index (χ0n) is 10.8. The molecule has 2 aromatic carbocycles. The lowest BCUT2D eigenvalue weighted by Crippen LogP contribution is -2.04. The molecule has 0 spiro atoms. The Morgan fingerprint density at radius 1 is 1.24 bits per heavy atom. The number of imidazole rings is 1. The molecule has 0 saturated carbocycles. The molecule has 0 saturated heterocycles. The fraction of sp³-hybridized carbons (Fsp3) is 0.133. The summed E-state index contributed by atoms with van der Waals surface area (Å²) in [5, 5.41) is 0.320. The molecule has 3 aromatic rings.